The van der Waals surface area contributed by atoms with Crippen LogP contribution in [0, 0.1) is 5.41 Å². The lowest BCUT2D eigenvalue weighted by atomic mass is 10.1. The summed E-state index contributed by atoms with van der Waals surface area (Å²) in [7, 11) is -3.64. The Morgan fingerprint density at radius 1 is 1.37 bits per heavy atom. The summed E-state index contributed by atoms with van der Waals surface area (Å²) in [5.41, 5.74) is 6.57. The van der Waals surface area contributed by atoms with Crippen molar-refractivity contribution in [3.63, 3.8) is 0 Å². The standard InChI is InChI=1S/C11H13N5O2S/c12-10(13)5-8-1-3-9(4-2-8)16-19(17,18)11-6-14-7-15-11/h1-4,6-7,16H,5H2,(H3,12,13)(H,14,15). The monoisotopic (exact) mass is 279 g/mol. The van der Waals surface area contributed by atoms with Gasteiger partial charge in [0.25, 0.3) is 10.0 Å². The van der Waals surface area contributed by atoms with E-state index in [4.69, 9.17) is 11.1 Å². The van der Waals surface area contributed by atoms with Crippen LogP contribution in [-0.4, -0.2) is 24.2 Å². The number of sulfonamides is 1. The number of hydrogen-bond donors (Lipinski definition) is 4. The van der Waals surface area contributed by atoms with Gasteiger partial charge in [0.2, 0.25) is 0 Å². The number of imidazole rings is 1. The number of nitrogens with two attached hydrogens (primary N) is 1. The molecule has 0 saturated heterocycles. The predicted molar refractivity (Wildman–Crippen MR) is 71.5 cm³/mol. The molecule has 0 aliphatic carbocycles. The summed E-state index contributed by atoms with van der Waals surface area (Å²) in [6.45, 7) is 0. The summed E-state index contributed by atoms with van der Waals surface area (Å²) in [5, 5.41) is 7.18. The second-order valence-corrected chi connectivity index (χ2v) is 5.57. The Hall–Kier alpha value is -2.35. The Kier molecular flexibility index (Phi) is 3.52. The summed E-state index contributed by atoms with van der Waals surface area (Å²) in [6.07, 6.45) is 2.87. The number of nitrogens with zero attached hydrogens (tertiary/aromatic N) is 1. The number of nitrogens with one attached hydrogen (secondary N) is 3. The van der Waals surface area contributed by atoms with Gasteiger partial charge in [-0.2, -0.15) is 8.42 Å². The molecule has 0 fully saturated rings. The number of rotatable bonds is 5. The Balaban J connectivity index is 2.14. The summed E-state index contributed by atoms with van der Waals surface area (Å²) in [5.74, 6) is 0.0609. The first-order chi connectivity index (χ1) is 8.97. The third-order valence-electron chi connectivity index (χ3n) is 2.36. The van der Waals surface area contributed by atoms with Crippen LogP contribution in [0.4, 0.5) is 5.69 Å². The maximum absolute atomic E-state index is 11.9. The minimum absolute atomic E-state index is 0.000289. The molecular formula is C11H13N5O2S. The van der Waals surface area contributed by atoms with E-state index in [0.717, 1.165) is 5.56 Å². The van der Waals surface area contributed by atoms with Crippen LogP contribution >= 0.6 is 0 Å². The van der Waals surface area contributed by atoms with Gasteiger partial charge in [-0.15, -0.1) is 0 Å². The molecule has 0 aliphatic heterocycles. The Labute approximate surface area is 110 Å². The van der Waals surface area contributed by atoms with Crippen LogP contribution < -0.4 is 10.5 Å². The lowest BCUT2D eigenvalue weighted by Crippen LogP contribution is -2.14. The van der Waals surface area contributed by atoms with E-state index in [1.807, 2.05) is 0 Å². The van der Waals surface area contributed by atoms with Gasteiger partial charge in [0.05, 0.1) is 18.4 Å². The second-order valence-electron chi connectivity index (χ2n) is 3.92. The highest BCUT2D eigenvalue weighted by Crippen LogP contribution is 2.14. The molecule has 0 spiro atoms. The SMILES string of the molecule is N=C(N)Cc1ccc(NS(=O)(=O)c2cnc[nH]2)cc1. The molecule has 0 aliphatic rings. The van der Waals surface area contributed by atoms with Crippen molar-refractivity contribution < 1.29 is 8.42 Å². The lowest BCUT2D eigenvalue weighted by Gasteiger charge is -2.07. The van der Waals surface area contributed by atoms with Gasteiger partial charge in [-0.1, -0.05) is 12.1 Å². The molecule has 0 radical (unpaired) electrons. The van der Waals surface area contributed by atoms with Crippen molar-refractivity contribution in [1.29, 1.82) is 5.41 Å². The van der Waals surface area contributed by atoms with Gasteiger partial charge >= 0.3 is 0 Å². The largest absolute Gasteiger partial charge is 0.387 e. The van der Waals surface area contributed by atoms with E-state index >= 15 is 0 Å². The number of hydrogen-bond acceptors (Lipinski definition) is 4. The highest BCUT2D eigenvalue weighted by Gasteiger charge is 2.15. The van der Waals surface area contributed by atoms with E-state index in [0.29, 0.717) is 12.1 Å². The van der Waals surface area contributed by atoms with Crippen LogP contribution in [0.3, 0.4) is 0 Å². The fourth-order valence-electron chi connectivity index (χ4n) is 1.51. The van der Waals surface area contributed by atoms with E-state index in [2.05, 4.69) is 14.7 Å². The van der Waals surface area contributed by atoms with Gasteiger partial charge in [-0.3, -0.25) is 10.1 Å². The van der Waals surface area contributed by atoms with Crippen molar-refractivity contribution in [3.8, 4) is 0 Å². The molecule has 2 aromatic rings. The molecule has 7 nitrogen and oxygen atoms in total. The van der Waals surface area contributed by atoms with Crippen molar-refractivity contribution in [2.45, 2.75) is 11.4 Å². The molecule has 1 aromatic carbocycles. The first-order valence-electron chi connectivity index (χ1n) is 5.40. The molecule has 0 unspecified atom stereocenters. The minimum atomic E-state index is -3.64. The van der Waals surface area contributed by atoms with Crippen LogP contribution in [-0.2, 0) is 16.4 Å². The van der Waals surface area contributed by atoms with Gasteiger partial charge in [0.15, 0.2) is 5.03 Å². The topological polar surface area (TPSA) is 125 Å². The molecule has 2 rings (SSSR count). The van der Waals surface area contributed by atoms with E-state index in [9.17, 15) is 8.42 Å². The minimum Gasteiger partial charge on any atom is -0.387 e. The Morgan fingerprint density at radius 2 is 2.05 bits per heavy atom. The molecule has 0 bridgehead atoms. The molecule has 0 saturated carbocycles. The highest BCUT2D eigenvalue weighted by molar-refractivity contribution is 7.92. The molecule has 100 valence electrons. The molecule has 8 heteroatoms. The normalized spacial score (nSPS) is 11.2. The van der Waals surface area contributed by atoms with Crippen LogP contribution in [0.5, 0.6) is 0 Å². The average molecular weight is 279 g/mol. The Bertz CT molecular complexity index is 662. The lowest BCUT2D eigenvalue weighted by molar-refractivity contribution is 0.598. The molecule has 5 N–H and O–H groups in total. The maximum atomic E-state index is 11.9. The number of aromatic nitrogens is 2. The maximum Gasteiger partial charge on any atom is 0.278 e. The van der Waals surface area contributed by atoms with Crippen LogP contribution in [0.25, 0.3) is 0 Å². The molecule has 19 heavy (non-hydrogen) atoms. The third-order valence-corrected chi connectivity index (χ3v) is 3.67. The Morgan fingerprint density at radius 3 is 2.58 bits per heavy atom. The van der Waals surface area contributed by atoms with E-state index < -0.39 is 10.0 Å². The van der Waals surface area contributed by atoms with Gasteiger partial charge in [-0.05, 0) is 17.7 Å². The number of aromatic amines is 1. The third kappa shape index (κ3) is 3.32. The van der Waals surface area contributed by atoms with Crippen LogP contribution in [0.15, 0.2) is 41.8 Å². The number of amidine groups is 1. The van der Waals surface area contributed by atoms with Crippen molar-refractivity contribution in [1.82, 2.24) is 9.97 Å². The number of H-pyrrole nitrogens is 1. The first kappa shape index (κ1) is 13.1. The highest BCUT2D eigenvalue weighted by atomic mass is 32.2. The van der Waals surface area contributed by atoms with Crippen LogP contribution in [0.1, 0.15) is 5.56 Å². The van der Waals surface area contributed by atoms with Crippen molar-refractivity contribution >= 4 is 21.5 Å². The van der Waals surface area contributed by atoms with Crippen molar-refractivity contribution in [2.75, 3.05) is 4.72 Å². The van der Waals surface area contributed by atoms with Gasteiger partial charge in [-0.25, -0.2) is 4.98 Å². The quantitative estimate of drug-likeness (QED) is 0.474. The summed E-state index contributed by atoms with van der Waals surface area (Å²) >= 11 is 0. The predicted octanol–water partition coefficient (Wildman–Crippen LogP) is 0.689. The van der Waals surface area contributed by atoms with Gasteiger partial charge in [0.1, 0.15) is 0 Å². The van der Waals surface area contributed by atoms with Crippen molar-refractivity contribution in [3.05, 3.63) is 42.4 Å². The fourth-order valence-corrected chi connectivity index (χ4v) is 2.47. The zero-order valence-electron chi connectivity index (χ0n) is 9.92. The van der Waals surface area contributed by atoms with E-state index in [1.165, 1.54) is 12.5 Å². The molecular weight excluding hydrogens is 266 g/mol. The summed E-state index contributed by atoms with van der Waals surface area (Å²) in [4.78, 5) is 6.19. The second kappa shape index (κ2) is 5.11. The van der Waals surface area contributed by atoms with E-state index in [-0.39, 0.29) is 10.9 Å². The zero-order chi connectivity index (χ0) is 13.9. The van der Waals surface area contributed by atoms with Gasteiger partial charge < -0.3 is 10.7 Å². The molecule has 1 heterocycles. The first-order valence-corrected chi connectivity index (χ1v) is 6.89. The molecule has 0 amide bonds. The zero-order valence-corrected chi connectivity index (χ0v) is 10.7. The number of anilines is 1. The average Bonchev–Trinajstić information content (AvgIpc) is 2.85. The molecule has 1 aromatic heterocycles. The fraction of sp³-hybridized carbons (Fsp3) is 0.0909. The molecule has 0 atom stereocenters. The smallest absolute Gasteiger partial charge is 0.278 e. The van der Waals surface area contributed by atoms with E-state index in [1.54, 1.807) is 24.3 Å². The van der Waals surface area contributed by atoms with Gasteiger partial charge in [0, 0.05) is 12.1 Å². The number of benzene rings is 1. The summed E-state index contributed by atoms with van der Waals surface area (Å²) < 4.78 is 26.2. The van der Waals surface area contributed by atoms with Crippen molar-refractivity contribution in [2.24, 2.45) is 5.73 Å². The van der Waals surface area contributed by atoms with Crippen LogP contribution in [0.2, 0.25) is 0 Å². The summed E-state index contributed by atoms with van der Waals surface area (Å²) in [6, 6.07) is 6.66.